The fourth-order valence-corrected chi connectivity index (χ4v) is 2.83. The molecule has 1 unspecified atom stereocenters. The first-order valence-electron chi connectivity index (χ1n) is 6.83. The number of para-hydroxylation sites is 1. The lowest BCUT2D eigenvalue weighted by atomic mass is 10.1. The number of nitrogens with one attached hydrogen (secondary N) is 2. The molecular formula is C15H21N3. The van der Waals surface area contributed by atoms with E-state index in [9.17, 15) is 0 Å². The van der Waals surface area contributed by atoms with E-state index in [0.29, 0.717) is 6.04 Å². The van der Waals surface area contributed by atoms with E-state index >= 15 is 0 Å². The highest BCUT2D eigenvalue weighted by Gasteiger charge is 2.15. The molecule has 1 saturated heterocycles. The summed E-state index contributed by atoms with van der Waals surface area (Å²) in [5, 5.41) is 4.86. The number of rotatable bonds is 3. The van der Waals surface area contributed by atoms with Crippen LogP contribution in [0.25, 0.3) is 10.9 Å². The Hall–Kier alpha value is -1.32. The van der Waals surface area contributed by atoms with Crippen molar-refractivity contribution in [3.8, 4) is 0 Å². The van der Waals surface area contributed by atoms with Crippen LogP contribution >= 0.6 is 0 Å². The van der Waals surface area contributed by atoms with E-state index in [1.807, 2.05) is 0 Å². The molecule has 0 bridgehead atoms. The van der Waals surface area contributed by atoms with Crippen LogP contribution in [0.3, 0.4) is 0 Å². The topological polar surface area (TPSA) is 31.1 Å². The third kappa shape index (κ3) is 2.42. The van der Waals surface area contributed by atoms with Crippen LogP contribution in [-0.2, 0) is 6.42 Å². The largest absolute Gasteiger partial charge is 0.361 e. The van der Waals surface area contributed by atoms with Crippen molar-refractivity contribution in [2.45, 2.75) is 19.4 Å². The molecule has 2 heterocycles. The average molecular weight is 243 g/mol. The quantitative estimate of drug-likeness (QED) is 0.864. The van der Waals surface area contributed by atoms with Gasteiger partial charge in [-0.25, -0.2) is 0 Å². The van der Waals surface area contributed by atoms with Gasteiger partial charge < -0.3 is 15.2 Å². The number of piperazine rings is 1. The van der Waals surface area contributed by atoms with Crippen molar-refractivity contribution in [2.24, 2.45) is 0 Å². The van der Waals surface area contributed by atoms with E-state index in [2.05, 4.69) is 52.6 Å². The van der Waals surface area contributed by atoms with Gasteiger partial charge in [-0.15, -0.1) is 0 Å². The molecule has 0 aliphatic carbocycles. The first-order valence-corrected chi connectivity index (χ1v) is 6.83. The van der Waals surface area contributed by atoms with Gasteiger partial charge in [0.15, 0.2) is 0 Å². The minimum atomic E-state index is 0.627. The monoisotopic (exact) mass is 243 g/mol. The molecule has 2 aromatic rings. The van der Waals surface area contributed by atoms with E-state index < -0.39 is 0 Å². The minimum Gasteiger partial charge on any atom is -0.361 e. The maximum atomic E-state index is 3.49. The summed E-state index contributed by atoms with van der Waals surface area (Å²) in [7, 11) is 0. The molecule has 96 valence electrons. The number of nitrogens with zero attached hydrogens (tertiary/aromatic N) is 1. The average Bonchev–Trinajstić information content (AvgIpc) is 2.80. The van der Waals surface area contributed by atoms with Crippen molar-refractivity contribution >= 4 is 10.9 Å². The fraction of sp³-hybridized carbons (Fsp3) is 0.467. The highest BCUT2D eigenvalue weighted by Crippen LogP contribution is 2.18. The van der Waals surface area contributed by atoms with Crippen LogP contribution in [0.4, 0.5) is 0 Å². The van der Waals surface area contributed by atoms with Crippen LogP contribution in [0.2, 0.25) is 0 Å². The number of benzene rings is 1. The van der Waals surface area contributed by atoms with E-state index in [4.69, 9.17) is 0 Å². The van der Waals surface area contributed by atoms with Gasteiger partial charge in [0.25, 0.3) is 0 Å². The van der Waals surface area contributed by atoms with Gasteiger partial charge in [0, 0.05) is 49.3 Å². The number of hydrogen-bond donors (Lipinski definition) is 2. The lowest BCUT2D eigenvalue weighted by Gasteiger charge is -2.31. The summed E-state index contributed by atoms with van der Waals surface area (Å²) in [4.78, 5) is 5.91. The summed E-state index contributed by atoms with van der Waals surface area (Å²) in [6, 6.07) is 9.18. The van der Waals surface area contributed by atoms with Crippen LogP contribution < -0.4 is 5.32 Å². The maximum absolute atomic E-state index is 3.49. The first-order chi connectivity index (χ1) is 8.83. The molecule has 3 nitrogen and oxygen atoms in total. The van der Waals surface area contributed by atoms with E-state index in [1.54, 1.807) is 0 Å². The van der Waals surface area contributed by atoms with E-state index in [-0.39, 0.29) is 0 Å². The number of H-pyrrole nitrogens is 1. The summed E-state index contributed by atoms with van der Waals surface area (Å²) < 4.78 is 0. The standard InChI is InChI=1S/C15H21N3/c1-12-11-18(9-7-16-12)8-6-13-10-17-15-5-3-2-4-14(13)15/h2-5,10,12,16-17H,6-9,11H2,1H3. The molecule has 0 spiro atoms. The van der Waals surface area contributed by atoms with Crippen molar-refractivity contribution in [2.75, 3.05) is 26.2 Å². The molecule has 0 radical (unpaired) electrons. The van der Waals surface area contributed by atoms with Crippen LogP contribution in [0, 0.1) is 0 Å². The minimum absolute atomic E-state index is 0.627. The zero-order valence-electron chi connectivity index (χ0n) is 10.9. The molecule has 0 saturated carbocycles. The highest BCUT2D eigenvalue weighted by atomic mass is 15.2. The molecule has 1 aromatic carbocycles. The summed E-state index contributed by atoms with van der Waals surface area (Å²) in [6.07, 6.45) is 3.30. The first kappa shape index (κ1) is 11.8. The Morgan fingerprint density at radius 2 is 2.22 bits per heavy atom. The molecule has 1 aliphatic heterocycles. The van der Waals surface area contributed by atoms with Crippen molar-refractivity contribution in [1.82, 2.24) is 15.2 Å². The Labute approximate surface area is 108 Å². The lowest BCUT2D eigenvalue weighted by molar-refractivity contribution is 0.209. The fourth-order valence-electron chi connectivity index (χ4n) is 2.83. The van der Waals surface area contributed by atoms with Gasteiger partial charge >= 0.3 is 0 Å². The SMILES string of the molecule is CC1CN(CCc2c[nH]c3ccccc23)CCN1. The second-order valence-electron chi connectivity index (χ2n) is 5.27. The van der Waals surface area contributed by atoms with Gasteiger partial charge in [0.1, 0.15) is 0 Å². The number of aromatic nitrogens is 1. The molecule has 2 N–H and O–H groups in total. The zero-order chi connectivity index (χ0) is 12.4. The molecule has 1 aromatic heterocycles. The molecule has 3 rings (SSSR count). The molecule has 3 heteroatoms. The molecule has 1 fully saturated rings. The molecule has 0 amide bonds. The number of hydrogen-bond acceptors (Lipinski definition) is 2. The van der Waals surface area contributed by atoms with Crippen LogP contribution in [0.5, 0.6) is 0 Å². The molecular weight excluding hydrogens is 222 g/mol. The third-order valence-corrected chi connectivity index (χ3v) is 3.83. The van der Waals surface area contributed by atoms with Gasteiger partial charge in [-0.2, -0.15) is 0 Å². The number of aromatic amines is 1. The summed E-state index contributed by atoms with van der Waals surface area (Å²) in [5.41, 5.74) is 2.69. The summed E-state index contributed by atoms with van der Waals surface area (Å²) >= 11 is 0. The highest BCUT2D eigenvalue weighted by molar-refractivity contribution is 5.83. The van der Waals surface area contributed by atoms with Gasteiger partial charge in [0.2, 0.25) is 0 Å². The Bertz CT molecular complexity index is 517. The van der Waals surface area contributed by atoms with Gasteiger partial charge in [-0.05, 0) is 25.0 Å². The van der Waals surface area contributed by atoms with E-state index in [1.165, 1.54) is 29.6 Å². The lowest BCUT2D eigenvalue weighted by Crippen LogP contribution is -2.49. The number of fused-ring (bicyclic) bond motifs is 1. The molecule has 18 heavy (non-hydrogen) atoms. The Morgan fingerprint density at radius 1 is 1.33 bits per heavy atom. The Kier molecular flexibility index (Phi) is 3.35. The normalized spacial score (nSPS) is 21.5. The Balaban J connectivity index is 1.66. The Morgan fingerprint density at radius 3 is 3.11 bits per heavy atom. The predicted molar refractivity (Wildman–Crippen MR) is 75.9 cm³/mol. The van der Waals surface area contributed by atoms with Gasteiger partial charge in [-0.3, -0.25) is 0 Å². The van der Waals surface area contributed by atoms with Gasteiger partial charge in [0.05, 0.1) is 0 Å². The summed E-state index contributed by atoms with van der Waals surface area (Å²) in [6.45, 7) is 6.88. The zero-order valence-corrected chi connectivity index (χ0v) is 10.9. The van der Waals surface area contributed by atoms with Crippen LogP contribution in [0.15, 0.2) is 30.5 Å². The molecule has 1 aliphatic rings. The second kappa shape index (κ2) is 5.12. The summed E-state index contributed by atoms with van der Waals surface area (Å²) in [5.74, 6) is 0. The van der Waals surface area contributed by atoms with E-state index in [0.717, 1.165) is 19.5 Å². The van der Waals surface area contributed by atoms with Crippen molar-refractivity contribution < 1.29 is 0 Å². The van der Waals surface area contributed by atoms with Crippen LogP contribution in [0.1, 0.15) is 12.5 Å². The third-order valence-electron chi connectivity index (χ3n) is 3.83. The van der Waals surface area contributed by atoms with Gasteiger partial charge in [-0.1, -0.05) is 18.2 Å². The van der Waals surface area contributed by atoms with Crippen molar-refractivity contribution in [3.63, 3.8) is 0 Å². The maximum Gasteiger partial charge on any atom is 0.0456 e. The van der Waals surface area contributed by atoms with Crippen molar-refractivity contribution in [1.29, 1.82) is 0 Å². The molecule has 1 atom stereocenters. The van der Waals surface area contributed by atoms with Crippen molar-refractivity contribution in [3.05, 3.63) is 36.0 Å². The van der Waals surface area contributed by atoms with Crippen LogP contribution in [-0.4, -0.2) is 42.1 Å². The predicted octanol–water partition coefficient (Wildman–Crippen LogP) is 2.00. The second-order valence-corrected chi connectivity index (χ2v) is 5.27. The smallest absolute Gasteiger partial charge is 0.0456 e.